The molecule has 0 spiro atoms. The number of carbonyl (C=O) groups excluding carboxylic acids is 1. The first-order valence-electron chi connectivity index (χ1n) is 10.6. The van der Waals surface area contributed by atoms with Crippen LogP contribution in [0.15, 0.2) is 36.2 Å². The summed E-state index contributed by atoms with van der Waals surface area (Å²) in [6.07, 6.45) is 5.16. The Labute approximate surface area is 179 Å². The molecule has 2 aromatic heterocycles. The van der Waals surface area contributed by atoms with Crippen LogP contribution in [-0.4, -0.2) is 64.4 Å². The van der Waals surface area contributed by atoms with Crippen LogP contribution in [0.2, 0.25) is 0 Å². The third kappa shape index (κ3) is 4.06. The van der Waals surface area contributed by atoms with Crippen molar-refractivity contribution >= 4 is 22.6 Å². The third-order valence-electron chi connectivity index (χ3n) is 5.89. The van der Waals surface area contributed by atoms with Crippen LogP contribution in [0.5, 0.6) is 0 Å². The summed E-state index contributed by atoms with van der Waals surface area (Å²) in [5.41, 5.74) is 4.30. The van der Waals surface area contributed by atoms with E-state index in [-0.39, 0.29) is 11.8 Å². The number of carbonyl (C=O) groups is 1. The standard InChI is InChI=1S/C22H26N6O3/c1-30-19-4-2-3-15(19)22(29)26-18-12-23-27-20(18)21-24-16-6-5-14(11-17(16)25-21)13-28-7-9-31-10-8-28/h4-6,11-12,15H,2-3,7-10,13H2,1H3,(H,23,27)(H,24,25)(H,26,29). The predicted molar refractivity (Wildman–Crippen MR) is 116 cm³/mol. The van der Waals surface area contributed by atoms with E-state index in [0.717, 1.165) is 62.5 Å². The summed E-state index contributed by atoms with van der Waals surface area (Å²) in [5, 5.41) is 10.0. The number of anilines is 1. The topological polar surface area (TPSA) is 108 Å². The lowest BCUT2D eigenvalue weighted by Gasteiger charge is -2.26. The van der Waals surface area contributed by atoms with E-state index in [4.69, 9.17) is 14.5 Å². The van der Waals surface area contributed by atoms with Crippen molar-refractivity contribution < 1.29 is 14.3 Å². The molecule has 1 atom stereocenters. The van der Waals surface area contributed by atoms with Crippen LogP contribution in [-0.2, 0) is 20.8 Å². The highest BCUT2D eigenvalue weighted by Crippen LogP contribution is 2.30. The van der Waals surface area contributed by atoms with Gasteiger partial charge in [0.2, 0.25) is 5.91 Å². The highest BCUT2D eigenvalue weighted by atomic mass is 16.5. The molecule has 1 fully saturated rings. The number of allylic oxidation sites excluding steroid dienone is 1. The Hall–Kier alpha value is -3.17. The fourth-order valence-corrected chi connectivity index (χ4v) is 4.23. The van der Waals surface area contributed by atoms with Gasteiger partial charge in [-0.25, -0.2) is 4.98 Å². The minimum Gasteiger partial charge on any atom is -0.501 e. The smallest absolute Gasteiger partial charge is 0.235 e. The lowest BCUT2D eigenvalue weighted by atomic mass is 10.1. The van der Waals surface area contributed by atoms with Gasteiger partial charge in [0.25, 0.3) is 0 Å². The Morgan fingerprint density at radius 1 is 1.35 bits per heavy atom. The average Bonchev–Trinajstić information content (AvgIpc) is 3.53. The number of aromatic nitrogens is 4. The first-order chi connectivity index (χ1) is 15.2. The summed E-state index contributed by atoms with van der Waals surface area (Å²) in [5.74, 6) is 0.989. The Morgan fingerprint density at radius 3 is 3.06 bits per heavy atom. The zero-order valence-electron chi connectivity index (χ0n) is 17.5. The molecule has 162 valence electrons. The van der Waals surface area contributed by atoms with Crippen molar-refractivity contribution in [1.82, 2.24) is 25.1 Å². The minimum absolute atomic E-state index is 0.0999. The van der Waals surface area contributed by atoms with Crippen molar-refractivity contribution in [2.75, 3.05) is 38.7 Å². The van der Waals surface area contributed by atoms with Gasteiger partial charge in [-0.2, -0.15) is 5.10 Å². The van der Waals surface area contributed by atoms with Gasteiger partial charge in [-0.15, -0.1) is 0 Å². The maximum absolute atomic E-state index is 12.8. The molecule has 9 heteroatoms. The zero-order valence-corrected chi connectivity index (χ0v) is 17.5. The number of ether oxygens (including phenoxy) is 2. The van der Waals surface area contributed by atoms with Gasteiger partial charge in [-0.05, 0) is 36.6 Å². The molecule has 0 bridgehead atoms. The second-order valence-electron chi connectivity index (χ2n) is 7.91. The van der Waals surface area contributed by atoms with Gasteiger partial charge in [0.05, 0.1) is 49.2 Å². The molecule has 3 aromatic rings. The van der Waals surface area contributed by atoms with Crippen LogP contribution >= 0.6 is 0 Å². The van der Waals surface area contributed by atoms with E-state index in [1.165, 1.54) is 5.56 Å². The number of amides is 1. The monoisotopic (exact) mass is 422 g/mol. The first kappa shape index (κ1) is 19.8. The minimum atomic E-state index is -0.272. The molecule has 1 aliphatic heterocycles. The van der Waals surface area contributed by atoms with Gasteiger partial charge in [0.1, 0.15) is 11.5 Å². The number of methoxy groups -OCH3 is 1. The normalized spacial score (nSPS) is 19.5. The average molecular weight is 422 g/mol. The number of nitrogens with one attached hydrogen (secondary N) is 3. The molecule has 9 nitrogen and oxygen atoms in total. The highest BCUT2D eigenvalue weighted by molar-refractivity contribution is 5.97. The van der Waals surface area contributed by atoms with Gasteiger partial charge in [-0.1, -0.05) is 6.07 Å². The fourth-order valence-electron chi connectivity index (χ4n) is 4.23. The SMILES string of the molecule is COC1=CCCC1C(=O)Nc1cn[nH]c1-c1nc2ccc(CN3CCOCC3)cc2[nH]1. The van der Waals surface area contributed by atoms with Gasteiger partial charge in [0, 0.05) is 19.6 Å². The lowest BCUT2D eigenvalue weighted by Crippen LogP contribution is -2.35. The second kappa shape index (κ2) is 8.52. The van der Waals surface area contributed by atoms with Crippen molar-refractivity contribution in [2.45, 2.75) is 19.4 Å². The van der Waals surface area contributed by atoms with Crippen molar-refractivity contribution in [3.05, 3.63) is 41.8 Å². The van der Waals surface area contributed by atoms with E-state index >= 15 is 0 Å². The number of fused-ring (bicyclic) bond motifs is 1. The van der Waals surface area contributed by atoms with E-state index < -0.39 is 0 Å². The second-order valence-corrected chi connectivity index (χ2v) is 7.91. The zero-order chi connectivity index (χ0) is 21.2. The number of hydrogen-bond donors (Lipinski definition) is 3. The molecule has 0 radical (unpaired) electrons. The number of benzene rings is 1. The Kier molecular flexibility index (Phi) is 5.44. The Balaban J connectivity index is 1.34. The maximum atomic E-state index is 12.8. The molecular weight excluding hydrogens is 396 g/mol. The molecule has 1 aromatic carbocycles. The van der Waals surface area contributed by atoms with E-state index in [9.17, 15) is 4.79 Å². The predicted octanol–water partition coefficient (Wildman–Crippen LogP) is 2.66. The summed E-state index contributed by atoms with van der Waals surface area (Å²) < 4.78 is 10.8. The summed E-state index contributed by atoms with van der Waals surface area (Å²) in [7, 11) is 1.60. The molecule has 5 rings (SSSR count). The van der Waals surface area contributed by atoms with Gasteiger partial charge in [0.15, 0.2) is 5.82 Å². The molecule has 1 aliphatic carbocycles. The van der Waals surface area contributed by atoms with E-state index in [1.807, 2.05) is 12.1 Å². The van der Waals surface area contributed by atoms with E-state index in [1.54, 1.807) is 13.3 Å². The van der Waals surface area contributed by atoms with Crippen LogP contribution in [0.25, 0.3) is 22.6 Å². The van der Waals surface area contributed by atoms with Crippen LogP contribution in [0.1, 0.15) is 18.4 Å². The third-order valence-corrected chi connectivity index (χ3v) is 5.89. The van der Waals surface area contributed by atoms with Crippen molar-refractivity contribution in [2.24, 2.45) is 5.92 Å². The summed E-state index contributed by atoms with van der Waals surface area (Å²) in [6.45, 7) is 4.35. The summed E-state index contributed by atoms with van der Waals surface area (Å²) >= 11 is 0. The molecule has 1 unspecified atom stereocenters. The first-order valence-corrected chi connectivity index (χ1v) is 10.6. The van der Waals surface area contributed by atoms with Gasteiger partial charge in [-0.3, -0.25) is 14.8 Å². The molecule has 1 amide bonds. The number of morpholine rings is 1. The van der Waals surface area contributed by atoms with Crippen LogP contribution in [0, 0.1) is 5.92 Å². The van der Waals surface area contributed by atoms with Crippen LogP contribution in [0.3, 0.4) is 0 Å². The lowest BCUT2D eigenvalue weighted by molar-refractivity contribution is -0.119. The van der Waals surface area contributed by atoms with Crippen molar-refractivity contribution in [1.29, 1.82) is 0 Å². The molecule has 2 aliphatic rings. The highest BCUT2D eigenvalue weighted by Gasteiger charge is 2.28. The van der Waals surface area contributed by atoms with Crippen LogP contribution in [0.4, 0.5) is 5.69 Å². The number of aromatic amines is 2. The van der Waals surface area contributed by atoms with E-state index in [2.05, 4.69) is 37.5 Å². The number of nitrogens with zero attached hydrogens (tertiary/aromatic N) is 3. The van der Waals surface area contributed by atoms with Gasteiger partial charge >= 0.3 is 0 Å². The summed E-state index contributed by atoms with van der Waals surface area (Å²) in [6, 6.07) is 6.26. The number of H-pyrrole nitrogens is 2. The molecule has 31 heavy (non-hydrogen) atoms. The number of imidazole rings is 1. The molecule has 3 heterocycles. The van der Waals surface area contributed by atoms with Gasteiger partial charge < -0.3 is 19.8 Å². The summed E-state index contributed by atoms with van der Waals surface area (Å²) in [4.78, 5) is 23.2. The molecule has 3 N–H and O–H groups in total. The molecular formula is C22H26N6O3. The molecule has 1 saturated heterocycles. The van der Waals surface area contributed by atoms with E-state index in [0.29, 0.717) is 17.2 Å². The largest absolute Gasteiger partial charge is 0.501 e. The number of hydrogen-bond acceptors (Lipinski definition) is 6. The van der Waals surface area contributed by atoms with Crippen molar-refractivity contribution in [3.63, 3.8) is 0 Å². The Bertz CT molecular complexity index is 1110. The maximum Gasteiger partial charge on any atom is 0.235 e. The Morgan fingerprint density at radius 2 is 2.23 bits per heavy atom. The quantitative estimate of drug-likeness (QED) is 0.564. The van der Waals surface area contributed by atoms with Crippen molar-refractivity contribution in [3.8, 4) is 11.5 Å². The fraction of sp³-hybridized carbons (Fsp3) is 0.409. The number of rotatable bonds is 6. The van der Waals surface area contributed by atoms with Crippen LogP contribution < -0.4 is 5.32 Å². The molecule has 0 saturated carbocycles.